The van der Waals surface area contributed by atoms with Crippen LogP contribution in [0.15, 0.2) is 88.5 Å². The zero-order valence-corrected chi connectivity index (χ0v) is 18.3. The maximum Gasteiger partial charge on any atom is 0.294 e. The number of hydrogen-bond acceptors (Lipinski definition) is 5. The van der Waals surface area contributed by atoms with Crippen molar-refractivity contribution in [1.82, 2.24) is 0 Å². The number of benzene rings is 3. The molecule has 0 bridgehead atoms. The summed E-state index contributed by atoms with van der Waals surface area (Å²) in [6.45, 7) is 0. The smallest absolute Gasteiger partial charge is 0.294 e. The molecular formula is C25H15Cl2NO5. The number of carbonyl (C=O) groups is 2. The molecule has 0 fully saturated rings. The van der Waals surface area contributed by atoms with E-state index in [-0.39, 0.29) is 17.1 Å². The predicted octanol–water partition coefficient (Wildman–Crippen LogP) is 6.23. The number of aliphatic hydroxyl groups excluding tert-OH is 1. The second-order valence-corrected chi connectivity index (χ2v) is 8.40. The minimum Gasteiger partial charge on any atom is -0.508 e. The standard InChI is InChI=1S/C25H15Cl2NO5/c26-15-3-6-17(7-4-15)28-22(13-1-8-18(29)9-2-13)21(24(31)25(28)32)23(30)20-12-14-11-16(27)5-10-19(14)33-20/h1-12,22,29,31H. The Kier molecular flexibility index (Phi) is 5.12. The third-order valence-electron chi connectivity index (χ3n) is 5.47. The number of carbonyl (C=O) groups excluding carboxylic acids is 2. The maximum absolute atomic E-state index is 13.5. The van der Waals surface area contributed by atoms with Crippen molar-refractivity contribution in [2.75, 3.05) is 4.90 Å². The van der Waals surface area contributed by atoms with Crippen molar-refractivity contribution in [2.45, 2.75) is 6.04 Å². The van der Waals surface area contributed by atoms with Gasteiger partial charge in [-0.1, -0.05) is 35.3 Å². The molecular weight excluding hydrogens is 465 g/mol. The third-order valence-corrected chi connectivity index (χ3v) is 5.96. The van der Waals surface area contributed by atoms with Gasteiger partial charge in [0.2, 0.25) is 5.78 Å². The van der Waals surface area contributed by atoms with E-state index in [0.29, 0.717) is 32.3 Å². The number of ketones is 1. The lowest BCUT2D eigenvalue weighted by Gasteiger charge is -2.26. The molecule has 3 aromatic carbocycles. The number of rotatable bonds is 4. The summed E-state index contributed by atoms with van der Waals surface area (Å²) in [6.07, 6.45) is 0. The molecule has 0 radical (unpaired) electrons. The molecule has 0 spiro atoms. The molecule has 4 aromatic rings. The number of phenols is 1. The first-order chi connectivity index (χ1) is 15.8. The summed E-state index contributed by atoms with van der Waals surface area (Å²) in [6, 6.07) is 18.0. The zero-order valence-electron chi connectivity index (χ0n) is 16.8. The highest BCUT2D eigenvalue weighted by molar-refractivity contribution is 6.31. The average Bonchev–Trinajstić information content (AvgIpc) is 3.33. The van der Waals surface area contributed by atoms with Crippen molar-refractivity contribution in [3.63, 3.8) is 0 Å². The van der Waals surface area contributed by atoms with Crippen molar-refractivity contribution in [2.24, 2.45) is 0 Å². The molecule has 164 valence electrons. The summed E-state index contributed by atoms with van der Waals surface area (Å²) >= 11 is 12.0. The molecule has 8 heteroatoms. The van der Waals surface area contributed by atoms with Crippen LogP contribution in [0.3, 0.4) is 0 Å². The molecule has 6 nitrogen and oxygen atoms in total. The third kappa shape index (κ3) is 3.63. The van der Waals surface area contributed by atoms with E-state index in [9.17, 15) is 19.8 Å². The Morgan fingerprint density at radius 3 is 2.24 bits per heavy atom. The topological polar surface area (TPSA) is 91.0 Å². The summed E-state index contributed by atoms with van der Waals surface area (Å²) in [5, 5.41) is 22.1. The van der Waals surface area contributed by atoms with Crippen molar-refractivity contribution >= 4 is 51.5 Å². The number of amides is 1. The van der Waals surface area contributed by atoms with Gasteiger partial charge in [-0.05, 0) is 66.2 Å². The molecule has 0 saturated carbocycles. The van der Waals surface area contributed by atoms with Crippen LogP contribution < -0.4 is 4.90 Å². The van der Waals surface area contributed by atoms with Crippen LogP contribution in [0.4, 0.5) is 5.69 Å². The maximum atomic E-state index is 13.5. The molecule has 2 heterocycles. The van der Waals surface area contributed by atoms with Gasteiger partial charge in [-0.25, -0.2) is 0 Å². The van der Waals surface area contributed by atoms with Gasteiger partial charge in [-0.15, -0.1) is 0 Å². The van der Waals surface area contributed by atoms with Crippen molar-refractivity contribution in [1.29, 1.82) is 0 Å². The number of fused-ring (bicyclic) bond motifs is 1. The highest BCUT2D eigenvalue weighted by Gasteiger charge is 2.45. The van der Waals surface area contributed by atoms with E-state index in [0.717, 1.165) is 0 Å². The average molecular weight is 480 g/mol. The lowest BCUT2D eigenvalue weighted by Crippen LogP contribution is -2.31. The van der Waals surface area contributed by atoms with E-state index >= 15 is 0 Å². The highest BCUT2D eigenvalue weighted by Crippen LogP contribution is 2.43. The summed E-state index contributed by atoms with van der Waals surface area (Å²) in [4.78, 5) is 28.0. The first-order valence-corrected chi connectivity index (χ1v) is 10.6. The highest BCUT2D eigenvalue weighted by atomic mass is 35.5. The molecule has 0 aliphatic carbocycles. The van der Waals surface area contributed by atoms with Crippen LogP contribution in [0.1, 0.15) is 22.2 Å². The van der Waals surface area contributed by atoms with Crippen molar-refractivity contribution in [3.8, 4) is 5.75 Å². The molecule has 1 aromatic heterocycles. The molecule has 1 aliphatic heterocycles. The van der Waals surface area contributed by atoms with E-state index in [1.54, 1.807) is 54.6 Å². The molecule has 0 saturated heterocycles. The summed E-state index contributed by atoms with van der Waals surface area (Å²) in [5.41, 5.74) is 1.27. The van der Waals surface area contributed by atoms with Gasteiger partial charge in [0.25, 0.3) is 5.91 Å². The number of anilines is 1. The van der Waals surface area contributed by atoms with E-state index in [1.165, 1.54) is 23.1 Å². The van der Waals surface area contributed by atoms with E-state index in [1.807, 2.05) is 0 Å². The number of hydrogen-bond donors (Lipinski definition) is 2. The molecule has 1 amide bonds. The van der Waals surface area contributed by atoms with Crippen molar-refractivity contribution in [3.05, 3.63) is 105 Å². The lowest BCUT2D eigenvalue weighted by molar-refractivity contribution is -0.117. The van der Waals surface area contributed by atoms with Gasteiger partial charge in [-0.2, -0.15) is 0 Å². The fourth-order valence-electron chi connectivity index (χ4n) is 3.94. The minimum absolute atomic E-state index is 0.0244. The Morgan fingerprint density at radius 1 is 0.879 bits per heavy atom. The minimum atomic E-state index is -0.955. The fourth-order valence-corrected chi connectivity index (χ4v) is 4.24. The number of aliphatic hydroxyl groups is 1. The number of phenolic OH excluding ortho intramolecular Hbond substituents is 1. The summed E-state index contributed by atoms with van der Waals surface area (Å²) in [5.74, 6) is -2.06. The van der Waals surface area contributed by atoms with Crippen LogP contribution in [0, 0.1) is 0 Å². The Bertz CT molecular complexity index is 1440. The normalized spacial score (nSPS) is 16.1. The van der Waals surface area contributed by atoms with Gasteiger partial charge in [0.15, 0.2) is 11.5 Å². The van der Waals surface area contributed by atoms with Gasteiger partial charge < -0.3 is 14.6 Å². The SMILES string of the molecule is O=C(C1=C(O)C(=O)N(c2ccc(Cl)cc2)C1c1ccc(O)cc1)c1cc2cc(Cl)ccc2o1. The molecule has 1 unspecified atom stereocenters. The lowest BCUT2D eigenvalue weighted by atomic mass is 9.94. The second-order valence-electron chi connectivity index (χ2n) is 7.53. The van der Waals surface area contributed by atoms with Crippen LogP contribution >= 0.6 is 23.2 Å². The van der Waals surface area contributed by atoms with Gasteiger partial charge >= 0.3 is 0 Å². The molecule has 2 N–H and O–H groups in total. The second kappa shape index (κ2) is 7.99. The van der Waals surface area contributed by atoms with Crippen LogP contribution in [0.5, 0.6) is 5.75 Å². The van der Waals surface area contributed by atoms with Gasteiger partial charge in [0.05, 0.1) is 11.6 Å². The van der Waals surface area contributed by atoms with Crippen LogP contribution in [-0.2, 0) is 4.79 Å². The number of furan rings is 1. The number of nitrogens with zero attached hydrogens (tertiary/aromatic N) is 1. The fraction of sp³-hybridized carbons (Fsp3) is 0.0400. The first-order valence-electron chi connectivity index (χ1n) is 9.88. The number of Topliss-reactive ketones (excluding diaryl/α,β-unsaturated/α-hetero) is 1. The monoisotopic (exact) mass is 479 g/mol. The molecule has 33 heavy (non-hydrogen) atoms. The van der Waals surface area contributed by atoms with Gasteiger partial charge in [-0.3, -0.25) is 14.5 Å². The molecule has 1 atom stereocenters. The summed E-state index contributed by atoms with van der Waals surface area (Å²) in [7, 11) is 0. The van der Waals surface area contributed by atoms with E-state index in [4.69, 9.17) is 27.6 Å². The first kappa shape index (κ1) is 21.1. The summed E-state index contributed by atoms with van der Waals surface area (Å²) < 4.78 is 5.70. The largest absolute Gasteiger partial charge is 0.508 e. The van der Waals surface area contributed by atoms with Crippen LogP contribution in [0.25, 0.3) is 11.0 Å². The predicted molar refractivity (Wildman–Crippen MR) is 125 cm³/mol. The zero-order chi connectivity index (χ0) is 23.3. The van der Waals surface area contributed by atoms with E-state index in [2.05, 4.69) is 0 Å². The Balaban J connectivity index is 1.65. The molecule has 1 aliphatic rings. The molecule has 5 rings (SSSR count). The Labute approximate surface area is 197 Å². The van der Waals surface area contributed by atoms with Crippen LogP contribution in [-0.4, -0.2) is 21.9 Å². The Morgan fingerprint density at radius 2 is 1.55 bits per heavy atom. The van der Waals surface area contributed by atoms with Crippen LogP contribution in [0.2, 0.25) is 10.0 Å². The quantitative estimate of drug-likeness (QED) is 0.338. The van der Waals surface area contributed by atoms with Gasteiger partial charge in [0, 0.05) is 21.1 Å². The van der Waals surface area contributed by atoms with Crippen molar-refractivity contribution < 1.29 is 24.2 Å². The van der Waals surface area contributed by atoms with E-state index < -0.39 is 23.5 Å². The number of aromatic hydroxyl groups is 1. The Hall–Kier alpha value is -3.74. The van der Waals surface area contributed by atoms with Gasteiger partial charge in [0.1, 0.15) is 11.3 Å². The number of halogens is 2.